The highest BCUT2D eigenvalue weighted by Crippen LogP contribution is 2.04. The first kappa shape index (κ1) is 17.2. The standard InChI is InChI=1S/C13H14O7/c1-5-9(14)17-11(7-3)19-13(16)20-12(8-4)18-10(15)6-2/h5-8,11-12H,1-4H2. The van der Waals surface area contributed by atoms with Crippen LogP contribution in [0.1, 0.15) is 0 Å². The van der Waals surface area contributed by atoms with Gasteiger partial charge in [0.05, 0.1) is 0 Å². The predicted octanol–water partition coefficient (Wildman–Crippen LogP) is 1.62. The molecule has 2 atom stereocenters. The molecule has 0 aromatic carbocycles. The predicted molar refractivity (Wildman–Crippen MR) is 68.1 cm³/mol. The molecule has 0 bridgehead atoms. The van der Waals surface area contributed by atoms with Crippen molar-refractivity contribution in [2.24, 2.45) is 0 Å². The van der Waals surface area contributed by atoms with E-state index in [1.54, 1.807) is 0 Å². The summed E-state index contributed by atoms with van der Waals surface area (Å²) >= 11 is 0. The zero-order valence-corrected chi connectivity index (χ0v) is 10.7. The third-order valence-electron chi connectivity index (χ3n) is 1.61. The van der Waals surface area contributed by atoms with Crippen molar-refractivity contribution in [3.63, 3.8) is 0 Å². The summed E-state index contributed by atoms with van der Waals surface area (Å²) in [6.45, 7) is 12.9. The average molecular weight is 282 g/mol. The summed E-state index contributed by atoms with van der Waals surface area (Å²) in [6.07, 6.45) is -0.147. The molecule has 0 radical (unpaired) electrons. The van der Waals surface area contributed by atoms with E-state index in [4.69, 9.17) is 0 Å². The molecular weight excluding hydrogens is 268 g/mol. The highest BCUT2D eigenvalue weighted by molar-refractivity contribution is 5.82. The molecule has 0 fully saturated rings. The van der Waals surface area contributed by atoms with Gasteiger partial charge in [0.25, 0.3) is 12.6 Å². The summed E-state index contributed by atoms with van der Waals surface area (Å²) in [5.41, 5.74) is 0. The first-order valence-corrected chi connectivity index (χ1v) is 5.25. The first-order chi connectivity index (χ1) is 9.46. The van der Waals surface area contributed by atoms with E-state index in [-0.39, 0.29) is 0 Å². The summed E-state index contributed by atoms with van der Waals surface area (Å²) in [5.74, 6) is -1.64. The third-order valence-corrected chi connectivity index (χ3v) is 1.61. The summed E-state index contributed by atoms with van der Waals surface area (Å²) in [4.78, 5) is 33.2. The van der Waals surface area contributed by atoms with Crippen LogP contribution in [0, 0.1) is 0 Å². The number of ether oxygens (including phenoxy) is 4. The fourth-order valence-electron chi connectivity index (χ4n) is 0.783. The topological polar surface area (TPSA) is 88.1 Å². The molecule has 0 saturated carbocycles. The van der Waals surface area contributed by atoms with E-state index in [0.717, 1.165) is 24.3 Å². The normalized spacial score (nSPS) is 12.0. The minimum atomic E-state index is -1.37. The Morgan fingerprint density at radius 3 is 1.30 bits per heavy atom. The quantitative estimate of drug-likeness (QED) is 0.289. The minimum absolute atomic E-state index is 0.818. The van der Waals surface area contributed by atoms with E-state index in [1.165, 1.54) is 0 Å². The maximum atomic E-state index is 11.3. The Hall–Kier alpha value is -2.83. The Morgan fingerprint density at radius 2 is 1.05 bits per heavy atom. The first-order valence-electron chi connectivity index (χ1n) is 5.25. The molecule has 0 spiro atoms. The van der Waals surface area contributed by atoms with Crippen LogP contribution >= 0.6 is 0 Å². The van der Waals surface area contributed by atoms with Gasteiger partial charge in [-0.1, -0.05) is 26.3 Å². The second-order valence-corrected chi connectivity index (χ2v) is 2.98. The van der Waals surface area contributed by atoms with E-state index in [2.05, 4.69) is 45.3 Å². The Kier molecular flexibility index (Phi) is 7.85. The maximum Gasteiger partial charge on any atom is 0.515 e. The van der Waals surface area contributed by atoms with Gasteiger partial charge in [-0.05, 0) is 12.2 Å². The Bertz CT molecular complexity index is 386. The zero-order valence-electron chi connectivity index (χ0n) is 10.7. The van der Waals surface area contributed by atoms with Gasteiger partial charge in [0.1, 0.15) is 0 Å². The summed E-state index contributed by atoms with van der Waals surface area (Å²) in [6, 6.07) is 0. The fraction of sp³-hybridized carbons (Fsp3) is 0.154. The van der Waals surface area contributed by atoms with Crippen molar-refractivity contribution in [1.29, 1.82) is 0 Å². The van der Waals surface area contributed by atoms with Crippen LogP contribution in [0.3, 0.4) is 0 Å². The van der Waals surface area contributed by atoms with E-state index >= 15 is 0 Å². The lowest BCUT2D eigenvalue weighted by atomic mass is 10.6. The van der Waals surface area contributed by atoms with Crippen LogP contribution in [0.2, 0.25) is 0 Å². The molecule has 0 saturated heterocycles. The molecular formula is C13H14O7. The SMILES string of the molecule is C=CC(=O)OC(C=C)OC(=O)OC(C=C)OC(=O)C=C. The molecule has 0 aromatic heterocycles. The monoisotopic (exact) mass is 282 g/mol. The Morgan fingerprint density at radius 1 is 0.700 bits per heavy atom. The van der Waals surface area contributed by atoms with Gasteiger partial charge in [0, 0.05) is 12.2 Å². The van der Waals surface area contributed by atoms with Gasteiger partial charge < -0.3 is 18.9 Å². The van der Waals surface area contributed by atoms with Crippen LogP contribution in [-0.2, 0) is 28.5 Å². The largest absolute Gasteiger partial charge is 0.515 e. The van der Waals surface area contributed by atoms with Crippen molar-refractivity contribution in [3.05, 3.63) is 50.6 Å². The molecule has 0 amide bonds. The molecule has 0 aromatic rings. The van der Waals surface area contributed by atoms with E-state index in [0.29, 0.717) is 0 Å². The third kappa shape index (κ3) is 6.80. The Labute approximate surface area is 115 Å². The van der Waals surface area contributed by atoms with Crippen molar-refractivity contribution in [2.75, 3.05) is 0 Å². The van der Waals surface area contributed by atoms with Crippen LogP contribution in [0.5, 0.6) is 0 Å². The van der Waals surface area contributed by atoms with Gasteiger partial charge in [-0.3, -0.25) is 0 Å². The second kappa shape index (κ2) is 9.15. The van der Waals surface area contributed by atoms with Crippen molar-refractivity contribution < 1.29 is 33.3 Å². The number of hydrogen-bond acceptors (Lipinski definition) is 7. The number of carbonyl (C=O) groups is 3. The van der Waals surface area contributed by atoms with Crippen LogP contribution in [-0.4, -0.2) is 30.7 Å². The van der Waals surface area contributed by atoms with Crippen molar-refractivity contribution >= 4 is 18.1 Å². The summed E-state index contributed by atoms with van der Waals surface area (Å²) in [7, 11) is 0. The molecule has 7 heteroatoms. The van der Waals surface area contributed by atoms with Gasteiger partial charge >= 0.3 is 18.1 Å². The molecule has 0 aliphatic rings. The lowest BCUT2D eigenvalue weighted by Crippen LogP contribution is -2.27. The van der Waals surface area contributed by atoms with Crippen molar-refractivity contribution in [1.82, 2.24) is 0 Å². The smallest absolute Gasteiger partial charge is 0.418 e. The summed E-state index contributed by atoms with van der Waals surface area (Å²) in [5, 5.41) is 0. The summed E-state index contributed by atoms with van der Waals surface area (Å²) < 4.78 is 18.3. The van der Waals surface area contributed by atoms with Crippen molar-refractivity contribution in [3.8, 4) is 0 Å². The van der Waals surface area contributed by atoms with Gasteiger partial charge in [0.15, 0.2) is 0 Å². The van der Waals surface area contributed by atoms with Gasteiger partial charge in [-0.2, -0.15) is 0 Å². The lowest BCUT2D eigenvalue weighted by molar-refractivity contribution is -0.167. The molecule has 0 aliphatic carbocycles. The molecule has 2 unspecified atom stereocenters. The number of rotatable bonds is 8. The molecule has 108 valence electrons. The van der Waals surface area contributed by atoms with Gasteiger partial charge in [-0.15, -0.1) is 0 Å². The second-order valence-electron chi connectivity index (χ2n) is 2.98. The van der Waals surface area contributed by atoms with Gasteiger partial charge in [-0.25, -0.2) is 14.4 Å². The molecule has 0 N–H and O–H groups in total. The number of esters is 2. The minimum Gasteiger partial charge on any atom is -0.418 e. The van der Waals surface area contributed by atoms with Crippen LogP contribution < -0.4 is 0 Å². The van der Waals surface area contributed by atoms with E-state index < -0.39 is 30.7 Å². The van der Waals surface area contributed by atoms with Crippen LogP contribution in [0.15, 0.2) is 50.6 Å². The average Bonchev–Trinajstić information content (AvgIpc) is 2.45. The fourth-order valence-corrected chi connectivity index (χ4v) is 0.783. The molecule has 0 aliphatic heterocycles. The molecule has 7 nitrogen and oxygen atoms in total. The van der Waals surface area contributed by atoms with Crippen LogP contribution in [0.25, 0.3) is 0 Å². The molecule has 0 rings (SSSR count). The molecule has 20 heavy (non-hydrogen) atoms. The van der Waals surface area contributed by atoms with E-state index in [1.807, 2.05) is 0 Å². The number of hydrogen-bond donors (Lipinski definition) is 0. The maximum absolute atomic E-state index is 11.3. The van der Waals surface area contributed by atoms with Crippen LogP contribution in [0.4, 0.5) is 4.79 Å². The highest BCUT2D eigenvalue weighted by Gasteiger charge is 2.20. The van der Waals surface area contributed by atoms with Crippen molar-refractivity contribution in [2.45, 2.75) is 12.6 Å². The van der Waals surface area contributed by atoms with Gasteiger partial charge in [0.2, 0.25) is 0 Å². The van der Waals surface area contributed by atoms with E-state index in [9.17, 15) is 14.4 Å². The number of carbonyl (C=O) groups excluding carboxylic acids is 3. The Balaban J connectivity index is 4.42. The lowest BCUT2D eigenvalue weighted by Gasteiger charge is -2.16. The zero-order chi connectivity index (χ0) is 15.5. The molecule has 0 heterocycles. The highest BCUT2D eigenvalue weighted by atomic mass is 16.8.